The Hall–Kier alpha value is -1.41. The molecule has 3 rings (SSSR count). The number of aromatic nitrogens is 1. The van der Waals surface area contributed by atoms with Crippen LogP contribution < -0.4 is 5.32 Å². The van der Waals surface area contributed by atoms with Gasteiger partial charge in [-0.2, -0.15) is 0 Å². The number of pyridine rings is 1. The summed E-state index contributed by atoms with van der Waals surface area (Å²) in [5.41, 5.74) is 1.32. The Balaban J connectivity index is 1.53. The summed E-state index contributed by atoms with van der Waals surface area (Å²) in [7, 11) is 0. The van der Waals surface area contributed by atoms with Crippen LogP contribution in [0, 0.1) is 11.8 Å². The molecule has 0 saturated heterocycles. The van der Waals surface area contributed by atoms with Crippen molar-refractivity contribution in [1.29, 1.82) is 0 Å². The zero-order valence-corrected chi connectivity index (χ0v) is 13.0. The molecule has 0 aliphatic heterocycles. The van der Waals surface area contributed by atoms with Crippen LogP contribution in [0.4, 0.5) is 0 Å². The van der Waals surface area contributed by atoms with Crippen LogP contribution in [0.3, 0.4) is 0 Å². The highest BCUT2D eigenvalue weighted by atomic mass is 14.9. The van der Waals surface area contributed by atoms with Gasteiger partial charge in [0.05, 0.1) is 0 Å². The van der Waals surface area contributed by atoms with Crippen LogP contribution in [0.25, 0.3) is 10.8 Å². The van der Waals surface area contributed by atoms with Crippen LogP contribution in [0.2, 0.25) is 0 Å². The van der Waals surface area contributed by atoms with Gasteiger partial charge in [0.15, 0.2) is 0 Å². The van der Waals surface area contributed by atoms with Crippen molar-refractivity contribution in [2.24, 2.45) is 11.8 Å². The molecule has 1 aliphatic carbocycles. The first-order chi connectivity index (χ1) is 10.4. The molecule has 1 aromatic heterocycles. The molecule has 0 radical (unpaired) electrons. The third kappa shape index (κ3) is 3.62. The molecule has 0 bridgehead atoms. The predicted molar refractivity (Wildman–Crippen MR) is 89.2 cm³/mol. The van der Waals surface area contributed by atoms with E-state index in [-0.39, 0.29) is 0 Å². The number of nitrogens with one attached hydrogen (secondary N) is 1. The first-order valence-electron chi connectivity index (χ1n) is 8.39. The molecule has 0 amide bonds. The smallest absolute Gasteiger partial charge is 0.0346 e. The molecular formula is C19H26N2. The fourth-order valence-corrected chi connectivity index (χ4v) is 3.57. The summed E-state index contributed by atoms with van der Waals surface area (Å²) in [6.07, 6.45) is 11.0. The number of rotatable bonds is 5. The van der Waals surface area contributed by atoms with Gasteiger partial charge in [-0.05, 0) is 42.2 Å². The molecule has 1 N–H and O–H groups in total. The molecule has 2 nitrogen and oxygen atoms in total. The fourth-order valence-electron chi connectivity index (χ4n) is 3.57. The lowest BCUT2D eigenvalue weighted by atomic mass is 9.81. The van der Waals surface area contributed by atoms with Gasteiger partial charge in [0.1, 0.15) is 0 Å². The summed E-state index contributed by atoms with van der Waals surface area (Å²) in [6, 6.07) is 8.52. The van der Waals surface area contributed by atoms with Gasteiger partial charge in [-0.3, -0.25) is 4.98 Å². The number of benzene rings is 1. The van der Waals surface area contributed by atoms with Crippen LogP contribution in [0.15, 0.2) is 36.7 Å². The highest BCUT2D eigenvalue weighted by molar-refractivity contribution is 5.84. The van der Waals surface area contributed by atoms with E-state index < -0.39 is 0 Å². The Kier molecular flexibility index (Phi) is 4.87. The maximum atomic E-state index is 4.36. The zero-order chi connectivity index (χ0) is 14.5. The monoisotopic (exact) mass is 282 g/mol. The molecule has 1 aromatic carbocycles. The Morgan fingerprint density at radius 1 is 1.05 bits per heavy atom. The van der Waals surface area contributed by atoms with Crippen molar-refractivity contribution in [3.8, 4) is 0 Å². The second-order valence-electron chi connectivity index (χ2n) is 6.45. The van der Waals surface area contributed by atoms with E-state index in [1.165, 1.54) is 48.4 Å². The molecule has 1 saturated carbocycles. The molecule has 0 atom stereocenters. The predicted octanol–water partition coefficient (Wildman–Crippen LogP) is 4.54. The summed E-state index contributed by atoms with van der Waals surface area (Å²) in [5.74, 6) is 1.86. The molecule has 0 spiro atoms. The van der Waals surface area contributed by atoms with Gasteiger partial charge in [0.25, 0.3) is 0 Å². The number of nitrogens with zero attached hydrogens (tertiary/aromatic N) is 1. The third-order valence-corrected chi connectivity index (χ3v) is 5.04. The number of fused-ring (bicyclic) bond motifs is 1. The first-order valence-corrected chi connectivity index (χ1v) is 8.39. The Morgan fingerprint density at radius 3 is 2.62 bits per heavy atom. The van der Waals surface area contributed by atoms with Crippen molar-refractivity contribution >= 4 is 10.8 Å². The first kappa shape index (κ1) is 14.5. The van der Waals surface area contributed by atoms with Crippen molar-refractivity contribution in [3.63, 3.8) is 0 Å². The minimum absolute atomic E-state index is 0.871. The molecular weight excluding hydrogens is 256 g/mol. The maximum absolute atomic E-state index is 4.36. The molecule has 21 heavy (non-hydrogen) atoms. The van der Waals surface area contributed by atoms with Gasteiger partial charge < -0.3 is 5.32 Å². The standard InChI is InChI=1S/C19H26N2/c1-2-15-7-9-16(10-8-15)11-20-13-18-14-21-12-17-5-3-4-6-19(17)18/h3-6,12,14-16,20H,2,7-11,13H2,1H3. The largest absolute Gasteiger partial charge is 0.312 e. The molecule has 2 aromatic rings. The average Bonchev–Trinajstić information content (AvgIpc) is 2.56. The average molecular weight is 282 g/mol. The minimum atomic E-state index is 0.871. The quantitative estimate of drug-likeness (QED) is 0.870. The van der Waals surface area contributed by atoms with E-state index in [1.807, 2.05) is 12.4 Å². The lowest BCUT2D eigenvalue weighted by molar-refractivity contribution is 0.262. The zero-order valence-electron chi connectivity index (χ0n) is 13.0. The Morgan fingerprint density at radius 2 is 1.81 bits per heavy atom. The normalized spacial score (nSPS) is 22.5. The van der Waals surface area contributed by atoms with Crippen LogP contribution in [-0.2, 0) is 6.54 Å². The van der Waals surface area contributed by atoms with E-state index in [2.05, 4.69) is 41.5 Å². The molecule has 1 fully saturated rings. The van der Waals surface area contributed by atoms with Gasteiger partial charge in [-0.25, -0.2) is 0 Å². The van der Waals surface area contributed by atoms with E-state index in [9.17, 15) is 0 Å². The second kappa shape index (κ2) is 7.04. The van der Waals surface area contributed by atoms with Crippen LogP contribution in [-0.4, -0.2) is 11.5 Å². The lowest BCUT2D eigenvalue weighted by Crippen LogP contribution is -2.26. The number of hydrogen-bond acceptors (Lipinski definition) is 2. The second-order valence-corrected chi connectivity index (χ2v) is 6.45. The molecule has 0 unspecified atom stereocenters. The highest BCUT2D eigenvalue weighted by Crippen LogP contribution is 2.30. The topological polar surface area (TPSA) is 24.9 Å². The van der Waals surface area contributed by atoms with E-state index in [0.717, 1.165) is 24.9 Å². The summed E-state index contributed by atoms with van der Waals surface area (Å²) in [5, 5.41) is 6.22. The molecule has 112 valence electrons. The van der Waals surface area contributed by atoms with Crippen molar-refractivity contribution in [3.05, 3.63) is 42.2 Å². The highest BCUT2D eigenvalue weighted by Gasteiger charge is 2.19. The van der Waals surface area contributed by atoms with Gasteiger partial charge in [0.2, 0.25) is 0 Å². The van der Waals surface area contributed by atoms with Crippen molar-refractivity contribution in [1.82, 2.24) is 10.3 Å². The SMILES string of the molecule is CCC1CCC(CNCc2cncc3ccccc23)CC1. The lowest BCUT2D eigenvalue weighted by Gasteiger charge is -2.28. The third-order valence-electron chi connectivity index (χ3n) is 5.04. The Labute approximate surface area is 128 Å². The van der Waals surface area contributed by atoms with Crippen LogP contribution in [0.5, 0.6) is 0 Å². The minimum Gasteiger partial charge on any atom is -0.312 e. The molecule has 1 aliphatic rings. The van der Waals surface area contributed by atoms with Crippen LogP contribution >= 0.6 is 0 Å². The summed E-state index contributed by atoms with van der Waals surface area (Å²) in [6.45, 7) is 4.42. The summed E-state index contributed by atoms with van der Waals surface area (Å²) in [4.78, 5) is 4.36. The van der Waals surface area contributed by atoms with Crippen molar-refractivity contribution in [2.75, 3.05) is 6.54 Å². The van der Waals surface area contributed by atoms with E-state index in [4.69, 9.17) is 0 Å². The fraction of sp³-hybridized carbons (Fsp3) is 0.526. The van der Waals surface area contributed by atoms with Crippen molar-refractivity contribution < 1.29 is 0 Å². The van der Waals surface area contributed by atoms with Crippen molar-refractivity contribution in [2.45, 2.75) is 45.6 Å². The summed E-state index contributed by atoms with van der Waals surface area (Å²) < 4.78 is 0. The Bertz CT molecular complexity index is 565. The number of hydrogen-bond donors (Lipinski definition) is 1. The van der Waals surface area contributed by atoms with E-state index in [1.54, 1.807) is 0 Å². The molecule has 2 heteroatoms. The van der Waals surface area contributed by atoms with Crippen LogP contribution in [0.1, 0.15) is 44.6 Å². The maximum Gasteiger partial charge on any atom is 0.0346 e. The van der Waals surface area contributed by atoms with Gasteiger partial charge in [0, 0.05) is 24.3 Å². The molecule has 1 heterocycles. The van der Waals surface area contributed by atoms with E-state index >= 15 is 0 Å². The van der Waals surface area contributed by atoms with Gasteiger partial charge in [-0.1, -0.05) is 50.5 Å². The van der Waals surface area contributed by atoms with Gasteiger partial charge >= 0.3 is 0 Å². The summed E-state index contributed by atoms with van der Waals surface area (Å²) >= 11 is 0. The van der Waals surface area contributed by atoms with E-state index in [0.29, 0.717) is 0 Å². The van der Waals surface area contributed by atoms with Gasteiger partial charge in [-0.15, -0.1) is 0 Å².